The van der Waals surface area contributed by atoms with Gasteiger partial charge >= 0.3 is 0 Å². The van der Waals surface area contributed by atoms with Crippen LogP contribution in [0, 0.1) is 0 Å². The van der Waals surface area contributed by atoms with Crippen LogP contribution in [0.3, 0.4) is 0 Å². The molecule has 2 aromatic carbocycles. The summed E-state index contributed by atoms with van der Waals surface area (Å²) in [5, 5.41) is 10.4. The van der Waals surface area contributed by atoms with Gasteiger partial charge in [-0.3, -0.25) is 4.79 Å². The van der Waals surface area contributed by atoms with Gasteiger partial charge in [0.05, 0.1) is 13.2 Å². The molecule has 1 atom stereocenters. The molecule has 0 radical (unpaired) electrons. The van der Waals surface area contributed by atoms with Gasteiger partial charge in [-0.1, -0.05) is 24.3 Å². The average molecular weight is 309 g/mol. The molecule has 4 heteroatoms. The lowest BCUT2D eigenvalue weighted by Gasteiger charge is -2.41. The molecule has 0 saturated carbocycles. The van der Waals surface area contributed by atoms with Crippen molar-refractivity contribution in [3.63, 3.8) is 0 Å². The fourth-order valence-electron chi connectivity index (χ4n) is 4.07. The molecule has 4 nitrogen and oxygen atoms in total. The largest absolute Gasteiger partial charge is 0.504 e. The van der Waals surface area contributed by atoms with Crippen LogP contribution < -0.4 is 4.74 Å². The Labute approximate surface area is 135 Å². The number of amides is 1. The molecular weight excluding hydrogens is 290 g/mol. The Morgan fingerprint density at radius 1 is 1.30 bits per heavy atom. The van der Waals surface area contributed by atoms with Crippen molar-refractivity contribution in [3.05, 3.63) is 47.0 Å². The zero-order valence-electron chi connectivity index (χ0n) is 13.3. The third kappa shape index (κ3) is 1.94. The van der Waals surface area contributed by atoms with Crippen LogP contribution in [0.25, 0.3) is 11.1 Å². The Balaban J connectivity index is 2.06. The van der Waals surface area contributed by atoms with E-state index in [2.05, 4.69) is 12.1 Å². The lowest BCUT2D eigenvalue weighted by atomic mass is 9.76. The Morgan fingerprint density at radius 3 is 2.83 bits per heavy atom. The van der Waals surface area contributed by atoms with Gasteiger partial charge in [0.1, 0.15) is 0 Å². The number of rotatable bonds is 1. The standard InChI is InChI=1S/C19H19NO3/c1-11(21)20-8-7-13-10-16(22)19(23-2)18-14-6-4-3-5-12(14)9-15(20)17(13)18/h3-6,10,15,22H,7-9H2,1-2H3/t15-/m0/s1. The predicted octanol–water partition coefficient (Wildman–Crippen LogP) is 3.07. The van der Waals surface area contributed by atoms with Crippen LogP contribution in [0.1, 0.15) is 29.7 Å². The normalized spacial score (nSPS) is 18.2. The molecule has 0 unspecified atom stereocenters. The topological polar surface area (TPSA) is 49.8 Å². The molecule has 4 rings (SSSR count). The van der Waals surface area contributed by atoms with Crippen LogP contribution in [-0.2, 0) is 17.6 Å². The molecule has 0 saturated heterocycles. The van der Waals surface area contributed by atoms with Crippen LogP contribution in [0.5, 0.6) is 11.5 Å². The number of carbonyl (C=O) groups is 1. The quantitative estimate of drug-likeness (QED) is 0.881. The molecular formula is C19H19NO3. The van der Waals surface area contributed by atoms with E-state index >= 15 is 0 Å². The van der Waals surface area contributed by atoms with Gasteiger partial charge in [-0.05, 0) is 41.2 Å². The number of nitrogens with zero attached hydrogens (tertiary/aromatic N) is 1. The number of hydrogen-bond donors (Lipinski definition) is 1. The second-order valence-electron chi connectivity index (χ2n) is 6.22. The van der Waals surface area contributed by atoms with E-state index in [-0.39, 0.29) is 17.7 Å². The highest BCUT2D eigenvalue weighted by atomic mass is 16.5. The van der Waals surface area contributed by atoms with E-state index in [9.17, 15) is 9.90 Å². The lowest BCUT2D eigenvalue weighted by Crippen LogP contribution is -2.41. The van der Waals surface area contributed by atoms with Crippen LogP contribution in [0.15, 0.2) is 30.3 Å². The zero-order valence-corrected chi connectivity index (χ0v) is 13.3. The Bertz CT molecular complexity index is 813. The van der Waals surface area contributed by atoms with Gasteiger partial charge in [0.15, 0.2) is 11.5 Å². The van der Waals surface area contributed by atoms with Crippen molar-refractivity contribution in [2.45, 2.75) is 25.8 Å². The van der Waals surface area contributed by atoms with Crippen LogP contribution >= 0.6 is 0 Å². The van der Waals surface area contributed by atoms with Crippen molar-refractivity contribution >= 4 is 5.91 Å². The van der Waals surface area contributed by atoms with E-state index in [0.717, 1.165) is 35.1 Å². The van der Waals surface area contributed by atoms with Crippen LogP contribution in [0.2, 0.25) is 0 Å². The van der Waals surface area contributed by atoms with Gasteiger partial charge in [0, 0.05) is 19.0 Å². The van der Waals surface area contributed by atoms with Crippen LogP contribution in [-0.4, -0.2) is 29.6 Å². The number of methoxy groups -OCH3 is 1. The van der Waals surface area contributed by atoms with Gasteiger partial charge < -0.3 is 14.7 Å². The summed E-state index contributed by atoms with van der Waals surface area (Å²) in [5.74, 6) is 0.775. The first kappa shape index (κ1) is 14.1. The third-order valence-corrected chi connectivity index (χ3v) is 5.03. The number of benzene rings is 2. The molecule has 2 aliphatic rings. The molecule has 0 spiro atoms. The minimum Gasteiger partial charge on any atom is -0.504 e. The maximum absolute atomic E-state index is 12.1. The average Bonchev–Trinajstić information content (AvgIpc) is 2.54. The van der Waals surface area contributed by atoms with Crippen molar-refractivity contribution in [1.82, 2.24) is 4.90 Å². The number of hydrogen-bond acceptors (Lipinski definition) is 3. The van der Waals surface area contributed by atoms with Crippen molar-refractivity contribution in [1.29, 1.82) is 0 Å². The summed E-state index contributed by atoms with van der Waals surface area (Å²) in [6.45, 7) is 2.32. The minimum absolute atomic E-state index is 0.0237. The van der Waals surface area contributed by atoms with E-state index in [4.69, 9.17) is 4.74 Å². The number of phenols is 1. The first-order valence-corrected chi connectivity index (χ1v) is 7.90. The van der Waals surface area contributed by atoms with E-state index in [1.165, 1.54) is 5.56 Å². The first-order valence-electron chi connectivity index (χ1n) is 7.90. The predicted molar refractivity (Wildman–Crippen MR) is 87.6 cm³/mol. The molecule has 118 valence electrons. The highest BCUT2D eigenvalue weighted by molar-refractivity contribution is 5.85. The van der Waals surface area contributed by atoms with E-state index in [1.54, 1.807) is 20.1 Å². The second kappa shape index (κ2) is 5.01. The van der Waals surface area contributed by atoms with Gasteiger partial charge in [0.25, 0.3) is 0 Å². The summed E-state index contributed by atoms with van der Waals surface area (Å²) < 4.78 is 5.51. The maximum Gasteiger partial charge on any atom is 0.219 e. The first-order chi connectivity index (χ1) is 11.1. The molecule has 1 aliphatic heterocycles. The summed E-state index contributed by atoms with van der Waals surface area (Å²) >= 11 is 0. The summed E-state index contributed by atoms with van der Waals surface area (Å²) in [6, 6.07) is 10.00. The fourth-order valence-corrected chi connectivity index (χ4v) is 4.07. The summed E-state index contributed by atoms with van der Waals surface area (Å²) in [4.78, 5) is 14.0. The smallest absolute Gasteiger partial charge is 0.219 e. The summed E-state index contributed by atoms with van der Waals surface area (Å²) in [6.07, 6.45) is 1.57. The van der Waals surface area contributed by atoms with E-state index in [1.807, 2.05) is 17.0 Å². The van der Waals surface area contributed by atoms with E-state index < -0.39 is 0 Å². The Kier molecular flexibility index (Phi) is 3.08. The minimum atomic E-state index is 0.0237. The molecule has 1 heterocycles. The lowest BCUT2D eigenvalue weighted by molar-refractivity contribution is -0.131. The highest BCUT2D eigenvalue weighted by Crippen LogP contribution is 2.52. The third-order valence-electron chi connectivity index (χ3n) is 5.03. The van der Waals surface area contributed by atoms with Crippen molar-refractivity contribution in [3.8, 4) is 22.6 Å². The molecule has 1 N–H and O–H groups in total. The van der Waals surface area contributed by atoms with Gasteiger partial charge in [-0.2, -0.15) is 0 Å². The van der Waals surface area contributed by atoms with Gasteiger partial charge in [-0.15, -0.1) is 0 Å². The Hall–Kier alpha value is -2.49. The van der Waals surface area contributed by atoms with Crippen LogP contribution in [0.4, 0.5) is 0 Å². The highest BCUT2D eigenvalue weighted by Gasteiger charge is 2.37. The number of fused-ring (bicyclic) bond motifs is 2. The fraction of sp³-hybridized carbons (Fsp3) is 0.316. The van der Waals surface area contributed by atoms with E-state index in [0.29, 0.717) is 12.3 Å². The maximum atomic E-state index is 12.1. The molecule has 2 aromatic rings. The molecule has 0 fully saturated rings. The zero-order chi connectivity index (χ0) is 16.1. The number of aromatic hydroxyl groups is 1. The van der Waals surface area contributed by atoms with Crippen molar-refractivity contribution in [2.75, 3.05) is 13.7 Å². The summed E-state index contributed by atoms with van der Waals surface area (Å²) in [7, 11) is 1.58. The Morgan fingerprint density at radius 2 is 2.09 bits per heavy atom. The van der Waals surface area contributed by atoms with Gasteiger partial charge in [0.2, 0.25) is 5.91 Å². The molecule has 1 amide bonds. The molecule has 0 bridgehead atoms. The van der Waals surface area contributed by atoms with Crippen molar-refractivity contribution in [2.24, 2.45) is 0 Å². The number of ether oxygens (including phenoxy) is 1. The second-order valence-corrected chi connectivity index (χ2v) is 6.22. The molecule has 1 aliphatic carbocycles. The molecule has 0 aromatic heterocycles. The molecule has 23 heavy (non-hydrogen) atoms. The van der Waals surface area contributed by atoms with Gasteiger partial charge in [-0.25, -0.2) is 0 Å². The number of phenolic OH excluding ortho intramolecular Hbond substituents is 1. The SMILES string of the molecule is COc1c(O)cc2c3c1-c1ccccc1C[C@@H]3N(C(C)=O)CC2. The monoisotopic (exact) mass is 309 g/mol. The number of carbonyl (C=O) groups excluding carboxylic acids is 1. The summed E-state index contributed by atoms with van der Waals surface area (Å²) in [5.41, 5.74) is 5.49. The van der Waals surface area contributed by atoms with Crippen molar-refractivity contribution < 1.29 is 14.6 Å².